The highest BCUT2D eigenvalue weighted by Crippen LogP contribution is 2.22. The maximum absolute atomic E-state index is 11.6. The normalized spacial score (nSPS) is 26.0. The van der Waals surface area contributed by atoms with Crippen LogP contribution in [0.4, 0.5) is 0 Å². The molecule has 0 unspecified atom stereocenters. The minimum atomic E-state index is -3.13. The monoisotopic (exact) mass is 264 g/mol. The molecule has 0 saturated heterocycles. The first-order chi connectivity index (χ1) is 8.03. The number of ether oxygens (including phenoxy) is 1. The Kier molecular flexibility index (Phi) is 6.40. The number of nitrogens with one attached hydrogen (secondary N) is 1. The van der Waals surface area contributed by atoms with Gasteiger partial charge in [-0.2, -0.15) is 0 Å². The topological polar surface area (TPSA) is 81.4 Å². The van der Waals surface area contributed by atoms with Crippen LogP contribution in [0.3, 0.4) is 0 Å². The van der Waals surface area contributed by atoms with Crippen LogP contribution in [0.15, 0.2) is 0 Å². The molecule has 102 valence electrons. The van der Waals surface area contributed by atoms with Gasteiger partial charge < -0.3 is 10.5 Å². The molecule has 0 aliphatic heterocycles. The molecule has 0 amide bonds. The van der Waals surface area contributed by atoms with E-state index in [1.165, 1.54) is 0 Å². The highest BCUT2D eigenvalue weighted by molar-refractivity contribution is 7.89. The van der Waals surface area contributed by atoms with Crippen LogP contribution in [-0.4, -0.2) is 40.5 Å². The van der Waals surface area contributed by atoms with Gasteiger partial charge in [-0.15, -0.1) is 0 Å². The van der Waals surface area contributed by atoms with E-state index in [1.54, 1.807) is 7.11 Å². The van der Waals surface area contributed by atoms with Gasteiger partial charge in [-0.1, -0.05) is 0 Å². The second-order valence-electron chi connectivity index (χ2n) is 4.79. The van der Waals surface area contributed by atoms with Crippen LogP contribution >= 0.6 is 0 Å². The maximum atomic E-state index is 11.6. The molecule has 0 aromatic rings. The predicted molar refractivity (Wildman–Crippen MR) is 68.2 cm³/mol. The average molecular weight is 264 g/mol. The van der Waals surface area contributed by atoms with E-state index in [0.29, 0.717) is 31.5 Å². The minimum absolute atomic E-state index is 0.146. The highest BCUT2D eigenvalue weighted by Gasteiger charge is 2.20. The first-order valence-corrected chi connectivity index (χ1v) is 7.90. The quantitative estimate of drug-likeness (QED) is 0.655. The smallest absolute Gasteiger partial charge is 0.211 e. The van der Waals surface area contributed by atoms with Gasteiger partial charge in [0.05, 0.1) is 5.75 Å². The van der Waals surface area contributed by atoms with E-state index in [2.05, 4.69) is 4.72 Å². The lowest BCUT2D eigenvalue weighted by molar-refractivity contribution is 0.199. The van der Waals surface area contributed by atoms with Crippen LogP contribution in [0.25, 0.3) is 0 Å². The van der Waals surface area contributed by atoms with Gasteiger partial charge in [0, 0.05) is 26.3 Å². The summed E-state index contributed by atoms with van der Waals surface area (Å²) in [6.45, 7) is 1.04. The summed E-state index contributed by atoms with van der Waals surface area (Å²) in [6.07, 6.45) is 4.62. The van der Waals surface area contributed by atoms with Gasteiger partial charge in [0.25, 0.3) is 0 Å². The summed E-state index contributed by atoms with van der Waals surface area (Å²) >= 11 is 0. The van der Waals surface area contributed by atoms with Crippen LogP contribution in [0, 0.1) is 5.92 Å². The van der Waals surface area contributed by atoms with E-state index >= 15 is 0 Å². The van der Waals surface area contributed by atoms with E-state index in [0.717, 1.165) is 25.7 Å². The predicted octanol–water partition coefficient (Wildman–Crippen LogP) is 0.460. The van der Waals surface area contributed by atoms with Crippen molar-refractivity contribution >= 4 is 10.0 Å². The Hall–Kier alpha value is -0.170. The van der Waals surface area contributed by atoms with Crippen molar-refractivity contribution in [3.63, 3.8) is 0 Å². The molecular weight excluding hydrogens is 240 g/mol. The zero-order valence-electron chi connectivity index (χ0n) is 10.5. The van der Waals surface area contributed by atoms with Crippen LogP contribution in [-0.2, 0) is 14.8 Å². The third-order valence-corrected chi connectivity index (χ3v) is 4.68. The lowest BCUT2D eigenvalue weighted by Crippen LogP contribution is -2.35. The average Bonchev–Trinajstić information content (AvgIpc) is 2.29. The molecular formula is C11H24N2O3S. The van der Waals surface area contributed by atoms with Crippen molar-refractivity contribution < 1.29 is 13.2 Å². The van der Waals surface area contributed by atoms with Crippen molar-refractivity contribution in [2.75, 3.05) is 26.0 Å². The van der Waals surface area contributed by atoms with Gasteiger partial charge in [-0.25, -0.2) is 13.1 Å². The van der Waals surface area contributed by atoms with E-state index in [1.807, 2.05) is 0 Å². The standard InChI is InChI=1S/C11H24N2O3S/c1-16-7-2-8-17(14,15)13-9-10-3-5-11(12)6-4-10/h10-11,13H,2-9,12H2,1H3. The van der Waals surface area contributed by atoms with Gasteiger partial charge in [-0.3, -0.25) is 0 Å². The SMILES string of the molecule is COCCCS(=O)(=O)NCC1CCC(N)CC1. The fraction of sp³-hybridized carbons (Fsp3) is 1.00. The Morgan fingerprint density at radius 2 is 1.94 bits per heavy atom. The fourth-order valence-electron chi connectivity index (χ4n) is 2.10. The third-order valence-electron chi connectivity index (χ3n) is 3.24. The van der Waals surface area contributed by atoms with Crippen LogP contribution in [0.2, 0.25) is 0 Å². The number of rotatable bonds is 7. The molecule has 1 aliphatic rings. The lowest BCUT2D eigenvalue weighted by Gasteiger charge is -2.26. The first kappa shape index (κ1) is 14.9. The molecule has 6 heteroatoms. The molecule has 1 fully saturated rings. The second kappa shape index (κ2) is 7.31. The molecule has 0 bridgehead atoms. The lowest BCUT2D eigenvalue weighted by atomic mass is 9.87. The highest BCUT2D eigenvalue weighted by atomic mass is 32.2. The van der Waals surface area contributed by atoms with Gasteiger partial charge >= 0.3 is 0 Å². The first-order valence-electron chi connectivity index (χ1n) is 6.25. The Bertz CT molecular complexity index is 298. The summed E-state index contributed by atoms with van der Waals surface area (Å²) in [5.74, 6) is 0.597. The summed E-state index contributed by atoms with van der Waals surface area (Å²) in [5, 5.41) is 0. The Morgan fingerprint density at radius 1 is 1.29 bits per heavy atom. The third kappa shape index (κ3) is 6.35. The Labute approximate surface area is 104 Å². The number of sulfonamides is 1. The summed E-state index contributed by atoms with van der Waals surface area (Å²) in [6, 6.07) is 0.310. The van der Waals surface area contributed by atoms with Crippen molar-refractivity contribution in [2.24, 2.45) is 11.7 Å². The molecule has 1 rings (SSSR count). The van der Waals surface area contributed by atoms with Crippen LogP contribution < -0.4 is 10.5 Å². The molecule has 1 aliphatic carbocycles. The maximum Gasteiger partial charge on any atom is 0.211 e. The van der Waals surface area contributed by atoms with E-state index in [4.69, 9.17) is 10.5 Å². The summed E-state index contributed by atoms with van der Waals surface area (Å²) < 4.78 is 30.8. The zero-order chi connectivity index (χ0) is 12.7. The van der Waals surface area contributed by atoms with Gasteiger partial charge in [0.1, 0.15) is 0 Å². The molecule has 0 spiro atoms. The fourth-order valence-corrected chi connectivity index (χ4v) is 3.23. The van der Waals surface area contributed by atoms with E-state index < -0.39 is 10.0 Å². The Morgan fingerprint density at radius 3 is 2.53 bits per heavy atom. The van der Waals surface area contributed by atoms with Crippen LogP contribution in [0.1, 0.15) is 32.1 Å². The number of hydrogen-bond acceptors (Lipinski definition) is 4. The van der Waals surface area contributed by atoms with Crippen molar-refractivity contribution in [1.82, 2.24) is 4.72 Å². The van der Waals surface area contributed by atoms with Crippen molar-refractivity contribution in [1.29, 1.82) is 0 Å². The number of methoxy groups -OCH3 is 1. The van der Waals surface area contributed by atoms with Crippen molar-refractivity contribution in [3.8, 4) is 0 Å². The largest absolute Gasteiger partial charge is 0.385 e. The summed E-state index contributed by atoms with van der Waals surface area (Å²) in [5.41, 5.74) is 5.81. The molecule has 1 saturated carbocycles. The summed E-state index contributed by atoms with van der Waals surface area (Å²) in [4.78, 5) is 0. The van der Waals surface area contributed by atoms with Gasteiger partial charge in [0.2, 0.25) is 10.0 Å². The molecule has 3 N–H and O–H groups in total. The molecule has 0 radical (unpaired) electrons. The Balaban J connectivity index is 2.20. The molecule has 0 aromatic heterocycles. The van der Waals surface area contributed by atoms with Crippen molar-refractivity contribution in [3.05, 3.63) is 0 Å². The molecule has 0 aromatic carbocycles. The molecule has 0 heterocycles. The second-order valence-corrected chi connectivity index (χ2v) is 6.72. The van der Waals surface area contributed by atoms with Crippen LogP contribution in [0.5, 0.6) is 0 Å². The van der Waals surface area contributed by atoms with E-state index in [-0.39, 0.29) is 5.75 Å². The molecule has 17 heavy (non-hydrogen) atoms. The number of nitrogens with two attached hydrogens (primary N) is 1. The van der Waals surface area contributed by atoms with E-state index in [9.17, 15) is 8.42 Å². The van der Waals surface area contributed by atoms with Crippen molar-refractivity contribution in [2.45, 2.75) is 38.1 Å². The van der Waals surface area contributed by atoms with Gasteiger partial charge in [-0.05, 0) is 38.0 Å². The minimum Gasteiger partial charge on any atom is -0.385 e. The summed E-state index contributed by atoms with van der Waals surface area (Å²) in [7, 11) is -1.55. The zero-order valence-corrected chi connectivity index (χ0v) is 11.3. The number of hydrogen-bond donors (Lipinski definition) is 2. The molecule has 0 atom stereocenters. The molecule has 5 nitrogen and oxygen atoms in total. The van der Waals surface area contributed by atoms with Gasteiger partial charge in [0.15, 0.2) is 0 Å².